The summed E-state index contributed by atoms with van der Waals surface area (Å²) in [4.78, 5) is 16.9. The van der Waals surface area contributed by atoms with Crippen LogP contribution in [0.2, 0.25) is 0 Å². The van der Waals surface area contributed by atoms with Crippen molar-refractivity contribution in [2.24, 2.45) is 0 Å². The van der Waals surface area contributed by atoms with Gasteiger partial charge in [-0.05, 0) is 12.0 Å². The number of anilines is 1. The summed E-state index contributed by atoms with van der Waals surface area (Å²) in [5, 5.41) is 7.65. The molecule has 3 heterocycles. The summed E-state index contributed by atoms with van der Waals surface area (Å²) in [6.07, 6.45) is 5.55. The minimum Gasteiger partial charge on any atom is -0.422 e. The van der Waals surface area contributed by atoms with Gasteiger partial charge in [0.25, 0.3) is 5.71 Å². The second-order valence-electron chi connectivity index (χ2n) is 5.66. The van der Waals surface area contributed by atoms with Crippen LogP contribution in [0.15, 0.2) is 53.7 Å². The largest absolute Gasteiger partial charge is 0.422 e. The van der Waals surface area contributed by atoms with Gasteiger partial charge in [-0.3, -0.25) is 4.68 Å². The zero-order chi connectivity index (χ0) is 17.1. The molecule has 0 aliphatic heterocycles. The van der Waals surface area contributed by atoms with E-state index in [9.17, 15) is 0 Å². The molecular formula is C17H17N7O. The van der Waals surface area contributed by atoms with E-state index in [4.69, 9.17) is 4.42 Å². The standard InChI is InChI=1S/C17H17N7O/c1-12-22-15-16(19-10-20-17(15)25-12)23-14(13-5-3-2-4-6-13)7-8-24-11-18-9-21-24/h2-6,9-11,14H,7-8H2,1H3,(H,19,20,23). The van der Waals surface area contributed by atoms with E-state index in [-0.39, 0.29) is 6.04 Å². The van der Waals surface area contributed by atoms with Crippen LogP contribution in [0, 0.1) is 6.92 Å². The van der Waals surface area contributed by atoms with Gasteiger partial charge in [-0.1, -0.05) is 30.3 Å². The molecule has 4 aromatic rings. The predicted octanol–water partition coefficient (Wildman–Crippen LogP) is 2.76. The monoisotopic (exact) mass is 335 g/mol. The van der Waals surface area contributed by atoms with Crippen LogP contribution in [0.25, 0.3) is 11.2 Å². The van der Waals surface area contributed by atoms with Crippen LogP contribution in [0.4, 0.5) is 5.82 Å². The van der Waals surface area contributed by atoms with E-state index in [1.54, 1.807) is 13.3 Å². The van der Waals surface area contributed by atoms with Gasteiger partial charge in [0.15, 0.2) is 17.2 Å². The van der Waals surface area contributed by atoms with Gasteiger partial charge >= 0.3 is 0 Å². The second-order valence-corrected chi connectivity index (χ2v) is 5.66. The summed E-state index contributed by atoms with van der Waals surface area (Å²) >= 11 is 0. The first-order valence-electron chi connectivity index (χ1n) is 8.01. The van der Waals surface area contributed by atoms with Crippen LogP contribution in [-0.4, -0.2) is 29.7 Å². The van der Waals surface area contributed by atoms with E-state index in [0.29, 0.717) is 22.9 Å². The first kappa shape index (κ1) is 15.3. The summed E-state index contributed by atoms with van der Waals surface area (Å²) in [7, 11) is 0. The maximum Gasteiger partial charge on any atom is 0.252 e. The van der Waals surface area contributed by atoms with Crippen LogP contribution in [0.1, 0.15) is 23.9 Å². The van der Waals surface area contributed by atoms with Crippen molar-refractivity contribution in [3.63, 3.8) is 0 Å². The summed E-state index contributed by atoms with van der Waals surface area (Å²) < 4.78 is 7.30. The molecule has 0 aliphatic carbocycles. The molecule has 1 aromatic carbocycles. The maximum absolute atomic E-state index is 5.49. The lowest BCUT2D eigenvalue weighted by Crippen LogP contribution is -2.15. The molecule has 1 N–H and O–H groups in total. The quantitative estimate of drug-likeness (QED) is 0.579. The average molecular weight is 335 g/mol. The molecule has 0 fully saturated rings. The van der Waals surface area contributed by atoms with E-state index >= 15 is 0 Å². The van der Waals surface area contributed by atoms with Crippen molar-refractivity contribution in [3.05, 3.63) is 60.8 Å². The number of benzene rings is 1. The Morgan fingerprint density at radius 2 is 2.04 bits per heavy atom. The number of nitrogens with one attached hydrogen (secondary N) is 1. The zero-order valence-electron chi connectivity index (χ0n) is 13.7. The van der Waals surface area contributed by atoms with E-state index in [1.807, 2.05) is 22.9 Å². The van der Waals surface area contributed by atoms with Gasteiger partial charge in [-0.25, -0.2) is 15.0 Å². The van der Waals surface area contributed by atoms with Gasteiger partial charge in [0.2, 0.25) is 0 Å². The number of oxazole rings is 1. The molecule has 1 atom stereocenters. The number of aromatic nitrogens is 6. The Morgan fingerprint density at radius 3 is 2.84 bits per heavy atom. The first-order valence-corrected chi connectivity index (χ1v) is 8.01. The van der Waals surface area contributed by atoms with Gasteiger partial charge in [0, 0.05) is 13.5 Å². The van der Waals surface area contributed by atoms with Gasteiger partial charge < -0.3 is 9.73 Å². The highest BCUT2D eigenvalue weighted by Crippen LogP contribution is 2.26. The lowest BCUT2D eigenvalue weighted by molar-refractivity contribution is 0.537. The van der Waals surface area contributed by atoms with Crippen LogP contribution in [0.3, 0.4) is 0 Å². The summed E-state index contributed by atoms with van der Waals surface area (Å²) in [5.41, 5.74) is 2.29. The molecule has 25 heavy (non-hydrogen) atoms. The molecule has 0 spiro atoms. The van der Waals surface area contributed by atoms with Crippen molar-refractivity contribution in [3.8, 4) is 0 Å². The second kappa shape index (κ2) is 6.68. The molecule has 0 saturated carbocycles. The molecule has 3 aromatic heterocycles. The topological polar surface area (TPSA) is 94.6 Å². The highest BCUT2D eigenvalue weighted by atomic mass is 16.4. The Balaban J connectivity index is 1.63. The van der Waals surface area contributed by atoms with E-state index in [1.165, 1.54) is 12.7 Å². The minimum absolute atomic E-state index is 0.0421. The third kappa shape index (κ3) is 3.32. The molecule has 4 rings (SSSR count). The first-order chi connectivity index (χ1) is 12.3. The Morgan fingerprint density at radius 1 is 1.16 bits per heavy atom. The summed E-state index contributed by atoms with van der Waals surface area (Å²) in [6, 6.07) is 10.3. The zero-order valence-corrected chi connectivity index (χ0v) is 13.7. The number of aryl methyl sites for hydroxylation is 2. The van der Waals surface area contributed by atoms with Crippen molar-refractivity contribution >= 4 is 17.0 Å². The third-order valence-electron chi connectivity index (χ3n) is 3.93. The molecular weight excluding hydrogens is 318 g/mol. The summed E-state index contributed by atoms with van der Waals surface area (Å²) in [6.45, 7) is 2.53. The summed E-state index contributed by atoms with van der Waals surface area (Å²) in [5.74, 6) is 1.23. The molecule has 0 amide bonds. The highest BCUT2D eigenvalue weighted by molar-refractivity contribution is 5.81. The lowest BCUT2D eigenvalue weighted by atomic mass is 10.0. The predicted molar refractivity (Wildman–Crippen MR) is 91.8 cm³/mol. The molecule has 0 saturated heterocycles. The van der Waals surface area contributed by atoms with Crippen LogP contribution in [-0.2, 0) is 6.54 Å². The molecule has 0 aliphatic rings. The number of hydrogen-bond acceptors (Lipinski definition) is 7. The average Bonchev–Trinajstić information content (AvgIpc) is 3.28. The van der Waals surface area contributed by atoms with Gasteiger partial charge in [-0.15, -0.1) is 0 Å². The fourth-order valence-corrected chi connectivity index (χ4v) is 2.75. The van der Waals surface area contributed by atoms with Crippen LogP contribution < -0.4 is 5.32 Å². The molecule has 0 bridgehead atoms. The number of rotatable bonds is 6. The maximum atomic E-state index is 5.49. The van der Waals surface area contributed by atoms with E-state index in [2.05, 4.69) is 42.5 Å². The van der Waals surface area contributed by atoms with Crippen LogP contribution in [0.5, 0.6) is 0 Å². The number of nitrogens with zero attached hydrogens (tertiary/aromatic N) is 6. The molecule has 8 nitrogen and oxygen atoms in total. The molecule has 0 radical (unpaired) electrons. The lowest BCUT2D eigenvalue weighted by Gasteiger charge is -2.19. The van der Waals surface area contributed by atoms with Crippen molar-refractivity contribution in [1.82, 2.24) is 29.7 Å². The van der Waals surface area contributed by atoms with E-state index < -0.39 is 0 Å². The molecule has 8 heteroatoms. The molecule has 126 valence electrons. The Bertz CT molecular complexity index is 950. The number of hydrogen-bond donors (Lipinski definition) is 1. The van der Waals surface area contributed by atoms with E-state index in [0.717, 1.165) is 18.5 Å². The smallest absolute Gasteiger partial charge is 0.252 e. The normalized spacial score (nSPS) is 12.4. The Labute approximate surface area is 144 Å². The Hall–Kier alpha value is -3.29. The van der Waals surface area contributed by atoms with Crippen LogP contribution >= 0.6 is 0 Å². The van der Waals surface area contributed by atoms with Crippen molar-refractivity contribution in [1.29, 1.82) is 0 Å². The van der Waals surface area contributed by atoms with Gasteiger partial charge in [0.1, 0.15) is 19.0 Å². The molecule has 1 unspecified atom stereocenters. The third-order valence-corrected chi connectivity index (χ3v) is 3.93. The van der Waals surface area contributed by atoms with Gasteiger partial charge in [-0.2, -0.15) is 10.1 Å². The van der Waals surface area contributed by atoms with Gasteiger partial charge in [0.05, 0.1) is 6.04 Å². The SMILES string of the molecule is Cc1nc2c(NC(CCn3cncn3)c3ccccc3)ncnc2o1. The van der Waals surface area contributed by atoms with Crippen molar-refractivity contribution in [2.75, 3.05) is 5.32 Å². The van der Waals surface area contributed by atoms with Crippen molar-refractivity contribution < 1.29 is 4.42 Å². The fraction of sp³-hybridized carbons (Fsp3) is 0.235. The minimum atomic E-state index is 0.0421. The Kier molecular flexibility index (Phi) is 4.07. The highest BCUT2D eigenvalue weighted by Gasteiger charge is 2.16. The van der Waals surface area contributed by atoms with Crippen molar-refractivity contribution in [2.45, 2.75) is 25.9 Å². The fourth-order valence-electron chi connectivity index (χ4n) is 2.75. The number of fused-ring (bicyclic) bond motifs is 1.